The molecule has 0 saturated heterocycles. The lowest BCUT2D eigenvalue weighted by Gasteiger charge is -2.14. The lowest BCUT2D eigenvalue weighted by molar-refractivity contribution is -0.384. The van der Waals surface area contributed by atoms with Gasteiger partial charge in [0, 0.05) is 50.6 Å². The fraction of sp³-hybridized carbons (Fsp3) is 0.357. The molecule has 2 aromatic rings. The van der Waals surface area contributed by atoms with Crippen LogP contribution in [0.25, 0.3) is 0 Å². The molecule has 2 rings (SSSR count). The molecule has 0 saturated carbocycles. The summed E-state index contributed by atoms with van der Waals surface area (Å²) in [6, 6.07) is 6.79. The van der Waals surface area contributed by atoms with E-state index < -0.39 is 0 Å². The molecular weight excluding hydrogens is 256 g/mol. The average Bonchev–Trinajstić information content (AvgIpc) is 2.84. The molecule has 0 aliphatic heterocycles. The van der Waals surface area contributed by atoms with Gasteiger partial charge in [0.15, 0.2) is 0 Å². The van der Waals surface area contributed by atoms with Crippen LogP contribution >= 0.6 is 0 Å². The summed E-state index contributed by atoms with van der Waals surface area (Å²) in [4.78, 5) is 14.5. The maximum Gasteiger partial charge on any atom is 0.269 e. The largest absolute Gasteiger partial charge is 0.338 e. The van der Waals surface area contributed by atoms with Crippen LogP contribution in [0, 0.1) is 10.1 Å². The van der Waals surface area contributed by atoms with E-state index in [-0.39, 0.29) is 16.7 Å². The number of nitro benzene ring substituents is 1. The molecule has 1 heterocycles. The molecule has 0 radical (unpaired) electrons. The molecule has 20 heavy (non-hydrogen) atoms. The predicted molar refractivity (Wildman–Crippen MR) is 76.4 cm³/mol. The van der Waals surface area contributed by atoms with Crippen LogP contribution in [0.2, 0.25) is 0 Å². The first-order valence-electron chi connectivity index (χ1n) is 6.52. The summed E-state index contributed by atoms with van der Waals surface area (Å²) in [5.41, 5.74) is 1.16. The highest BCUT2D eigenvalue weighted by Gasteiger charge is 2.09. The predicted octanol–water partition coefficient (Wildman–Crippen LogP) is 2.22. The number of nitro groups is 1. The van der Waals surface area contributed by atoms with Gasteiger partial charge in [0.2, 0.25) is 0 Å². The first kappa shape index (κ1) is 14.2. The highest BCUT2D eigenvalue weighted by Crippen LogP contribution is 2.17. The van der Waals surface area contributed by atoms with Gasteiger partial charge in [0.05, 0.1) is 4.92 Å². The fourth-order valence-electron chi connectivity index (χ4n) is 2.04. The van der Waals surface area contributed by atoms with Gasteiger partial charge in [0.25, 0.3) is 5.69 Å². The van der Waals surface area contributed by atoms with Crippen molar-refractivity contribution in [3.05, 3.63) is 58.2 Å². The van der Waals surface area contributed by atoms with E-state index in [1.165, 1.54) is 12.1 Å². The molecule has 106 valence electrons. The van der Waals surface area contributed by atoms with Crippen LogP contribution in [-0.2, 0) is 13.5 Å². The second-order valence-corrected chi connectivity index (χ2v) is 4.73. The molecule has 0 bridgehead atoms. The van der Waals surface area contributed by atoms with E-state index in [1.54, 1.807) is 18.3 Å². The quantitative estimate of drug-likeness (QED) is 0.647. The average molecular weight is 274 g/mol. The second kappa shape index (κ2) is 6.29. The van der Waals surface area contributed by atoms with Gasteiger partial charge >= 0.3 is 0 Å². The zero-order valence-electron chi connectivity index (χ0n) is 11.6. The SMILES string of the molecule is CC(NCCc1nccn1C)c1ccc([N+](=O)[O-])cc1. The molecule has 1 N–H and O–H groups in total. The Morgan fingerprint density at radius 3 is 2.65 bits per heavy atom. The number of imidazole rings is 1. The van der Waals surface area contributed by atoms with Gasteiger partial charge in [-0.25, -0.2) is 4.98 Å². The van der Waals surface area contributed by atoms with E-state index in [1.807, 2.05) is 24.7 Å². The fourth-order valence-corrected chi connectivity index (χ4v) is 2.04. The molecule has 6 nitrogen and oxygen atoms in total. The molecule has 0 aliphatic carbocycles. The molecule has 6 heteroatoms. The third kappa shape index (κ3) is 3.42. The monoisotopic (exact) mass is 274 g/mol. The topological polar surface area (TPSA) is 73.0 Å². The Balaban J connectivity index is 1.87. The molecule has 1 unspecified atom stereocenters. The number of benzene rings is 1. The lowest BCUT2D eigenvalue weighted by Crippen LogP contribution is -2.22. The number of rotatable bonds is 6. The van der Waals surface area contributed by atoms with Crippen molar-refractivity contribution in [2.45, 2.75) is 19.4 Å². The van der Waals surface area contributed by atoms with Gasteiger partial charge < -0.3 is 9.88 Å². The Morgan fingerprint density at radius 1 is 1.40 bits per heavy atom. The van der Waals surface area contributed by atoms with Gasteiger partial charge in [-0.1, -0.05) is 12.1 Å². The molecule has 1 aromatic heterocycles. The molecule has 1 aromatic carbocycles. The van der Waals surface area contributed by atoms with Crippen LogP contribution < -0.4 is 5.32 Å². The smallest absolute Gasteiger partial charge is 0.269 e. The number of aromatic nitrogens is 2. The first-order chi connectivity index (χ1) is 9.58. The summed E-state index contributed by atoms with van der Waals surface area (Å²) >= 11 is 0. The van der Waals surface area contributed by atoms with Crippen LogP contribution in [0.5, 0.6) is 0 Å². The summed E-state index contributed by atoms with van der Waals surface area (Å²) in [6.07, 6.45) is 4.56. The van der Waals surface area contributed by atoms with Crippen molar-refractivity contribution in [2.24, 2.45) is 7.05 Å². The van der Waals surface area contributed by atoms with Crippen molar-refractivity contribution in [3.8, 4) is 0 Å². The van der Waals surface area contributed by atoms with Gasteiger partial charge in [-0.15, -0.1) is 0 Å². The Labute approximate surface area is 117 Å². The highest BCUT2D eigenvalue weighted by atomic mass is 16.6. The van der Waals surface area contributed by atoms with Gasteiger partial charge in [0.1, 0.15) is 5.82 Å². The molecule has 0 aliphatic rings. The number of hydrogen-bond donors (Lipinski definition) is 1. The van der Waals surface area contributed by atoms with E-state index in [9.17, 15) is 10.1 Å². The minimum Gasteiger partial charge on any atom is -0.338 e. The van der Waals surface area contributed by atoms with Crippen LogP contribution in [0.3, 0.4) is 0 Å². The van der Waals surface area contributed by atoms with E-state index >= 15 is 0 Å². The van der Waals surface area contributed by atoms with Crippen molar-refractivity contribution in [1.82, 2.24) is 14.9 Å². The number of non-ortho nitro benzene ring substituents is 1. The summed E-state index contributed by atoms with van der Waals surface area (Å²) in [7, 11) is 1.97. The molecule has 0 amide bonds. The van der Waals surface area contributed by atoms with E-state index in [2.05, 4.69) is 10.3 Å². The van der Waals surface area contributed by atoms with Crippen LogP contribution in [0.15, 0.2) is 36.7 Å². The Hall–Kier alpha value is -2.21. The standard InChI is InChI=1S/C14H18N4O2/c1-11(12-3-5-13(6-4-12)18(19)20)15-8-7-14-16-9-10-17(14)2/h3-6,9-11,15H,7-8H2,1-2H3. The third-order valence-electron chi connectivity index (χ3n) is 3.32. The Morgan fingerprint density at radius 2 is 2.10 bits per heavy atom. The van der Waals surface area contributed by atoms with Crippen LogP contribution in [0.1, 0.15) is 24.4 Å². The third-order valence-corrected chi connectivity index (χ3v) is 3.32. The molecule has 0 fully saturated rings. The number of nitrogens with zero attached hydrogens (tertiary/aromatic N) is 3. The lowest BCUT2D eigenvalue weighted by atomic mass is 10.1. The zero-order valence-corrected chi connectivity index (χ0v) is 11.6. The van der Waals surface area contributed by atoms with Crippen molar-refractivity contribution >= 4 is 5.69 Å². The van der Waals surface area contributed by atoms with Gasteiger partial charge in [-0.3, -0.25) is 10.1 Å². The van der Waals surface area contributed by atoms with Gasteiger partial charge in [-0.2, -0.15) is 0 Å². The highest BCUT2D eigenvalue weighted by molar-refractivity contribution is 5.34. The summed E-state index contributed by atoms with van der Waals surface area (Å²) in [6.45, 7) is 2.85. The van der Waals surface area contributed by atoms with E-state index in [4.69, 9.17) is 0 Å². The first-order valence-corrected chi connectivity index (χ1v) is 6.52. The number of hydrogen-bond acceptors (Lipinski definition) is 4. The zero-order chi connectivity index (χ0) is 14.5. The molecule has 1 atom stereocenters. The van der Waals surface area contributed by atoms with E-state index in [0.29, 0.717) is 0 Å². The minimum absolute atomic E-state index is 0.119. The Bertz CT molecular complexity index is 577. The normalized spacial score (nSPS) is 12.3. The molecular formula is C14H18N4O2. The van der Waals surface area contributed by atoms with Crippen LogP contribution in [0.4, 0.5) is 5.69 Å². The minimum atomic E-state index is -0.386. The summed E-state index contributed by atoms with van der Waals surface area (Å²) < 4.78 is 2.00. The van der Waals surface area contributed by atoms with Crippen molar-refractivity contribution < 1.29 is 4.92 Å². The molecule has 0 spiro atoms. The van der Waals surface area contributed by atoms with Crippen molar-refractivity contribution in [1.29, 1.82) is 0 Å². The van der Waals surface area contributed by atoms with Crippen molar-refractivity contribution in [2.75, 3.05) is 6.54 Å². The number of aryl methyl sites for hydroxylation is 1. The van der Waals surface area contributed by atoms with Crippen molar-refractivity contribution in [3.63, 3.8) is 0 Å². The summed E-state index contributed by atoms with van der Waals surface area (Å²) in [5, 5.41) is 14.0. The van der Waals surface area contributed by atoms with Crippen LogP contribution in [-0.4, -0.2) is 21.0 Å². The maximum atomic E-state index is 10.6. The van der Waals surface area contributed by atoms with E-state index in [0.717, 1.165) is 24.4 Å². The van der Waals surface area contributed by atoms with Gasteiger partial charge in [-0.05, 0) is 12.5 Å². The second-order valence-electron chi connectivity index (χ2n) is 4.73. The maximum absolute atomic E-state index is 10.6. The number of nitrogens with one attached hydrogen (secondary N) is 1. The summed E-state index contributed by atoms with van der Waals surface area (Å²) in [5.74, 6) is 1.04. The Kier molecular flexibility index (Phi) is 4.47.